The lowest BCUT2D eigenvalue weighted by atomic mass is 10.1. The topological polar surface area (TPSA) is 80.0 Å². The highest BCUT2D eigenvalue weighted by atomic mass is 16.5. The molecule has 0 aromatic heterocycles. The van der Waals surface area contributed by atoms with E-state index in [4.69, 9.17) is 24.7 Å². The lowest BCUT2D eigenvalue weighted by Gasteiger charge is -2.18. The highest BCUT2D eigenvalue weighted by Gasteiger charge is 2.20. The van der Waals surface area contributed by atoms with Crippen LogP contribution in [0.4, 0.5) is 5.69 Å². The van der Waals surface area contributed by atoms with Crippen LogP contribution >= 0.6 is 0 Å². The van der Waals surface area contributed by atoms with E-state index in [0.717, 1.165) is 38.5 Å². The number of unbranched alkanes of at least 4 members (excludes halogenated alkanes) is 3. The van der Waals surface area contributed by atoms with Crippen LogP contribution in [-0.2, 0) is 0 Å². The first kappa shape index (κ1) is 24.4. The maximum absolute atomic E-state index is 12.8. The summed E-state index contributed by atoms with van der Waals surface area (Å²) in [6, 6.07) is 10.0. The number of esters is 1. The van der Waals surface area contributed by atoms with Crippen molar-refractivity contribution >= 4 is 11.7 Å². The maximum Gasteiger partial charge on any atom is 0.343 e. The van der Waals surface area contributed by atoms with Gasteiger partial charge in [0, 0.05) is 5.69 Å². The zero-order chi connectivity index (χ0) is 22.5. The van der Waals surface area contributed by atoms with Crippen LogP contribution < -0.4 is 24.7 Å². The van der Waals surface area contributed by atoms with E-state index in [9.17, 15) is 4.79 Å². The summed E-state index contributed by atoms with van der Waals surface area (Å²) in [7, 11) is 0. The van der Waals surface area contributed by atoms with Crippen LogP contribution in [0.1, 0.15) is 69.7 Å². The third-order valence-corrected chi connectivity index (χ3v) is 4.60. The third-order valence-electron chi connectivity index (χ3n) is 4.60. The van der Waals surface area contributed by atoms with Gasteiger partial charge >= 0.3 is 5.97 Å². The number of hydrogen-bond donors (Lipinski definition) is 1. The molecule has 0 fully saturated rings. The Kier molecular flexibility index (Phi) is 10.6. The van der Waals surface area contributed by atoms with Crippen molar-refractivity contribution in [3.05, 3.63) is 42.0 Å². The van der Waals surface area contributed by atoms with Gasteiger partial charge in [-0.2, -0.15) is 0 Å². The average Bonchev–Trinajstić information content (AvgIpc) is 2.77. The van der Waals surface area contributed by atoms with E-state index in [2.05, 4.69) is 20.8 Å². The van der Waals surface area contributed by atoms with E-state index in [0.29, 0.717) is 54.1 Å². The van der Waals surface area contributed by atoms with Crippen molar-refractivity contribution in [1.29, 1.82) is 0 Å². The fraction of sp³-hybridized carbons (Fsp3) is 0.480. The number of benzene rings is 2. The van der Waals surface area contributed by atoms with Gasteiger partial charge in [0.2, 0.25) is 5.75 Å². The van der Waals surface area contributed by atoms with Gasteiger partial charge in [-0.1, -0.05) is 40.0 Å². The molecule has 0 radical (unpaired) electrons. The van der Waals surface area contributed by atoms with Gasteiger partial charge in [0.05, 0.1) is 25.4 Å². The second-order valence-corrected chi connectivity index (χ2v) is 7.37. The normalized spacial score (nSPS) is 10.5. The first-order valence-electron chi connectivity index (χ1n) is 11.2. The second-order valence-electron chi connectivity index (χ2n) is 7.37. The molecule has 0 aliphatic heterocycles. The third kappa shape index (κ3) is 8.04. The Morgan fingerprint density at radius 2 is 1.26 bits per heavy atom. The summed E-state index contributed by atoms with van der Waals surface area (Å²) in [5.41, 5.74) is 6.65. The van der Waals surface area contributed by atoms with Gasteiger partial charge in [-0.15, -0.1) is 0 Å². The average molecular weight is 430 g/mol. The molecule has 0 spiro atoms. The summed E-state index contributed by atoms with van der Waals surface area (Å²) in [4.78, 5) is 12.8. The molecule has 2 N–H and O–H groups in total. The molecule has 0 atom stereocenters. The minimum atomic E-state index is -0.495. The van der Waals surface area contributed by atoms with Crippen molar-refractivity contribution in [3.63, 3.8) is 0 Å². The summed E-state index contributed by atoms with van der Waals surface area (Å²) < 4.78 is 23.5. The van der Waals surface area contributed by atoms with Crippen molar-refractivity contribution < 1.29 is 23.7 Å². The van der Waals surface area contributed by atoms with Gasteiger partial charge in [0.25, 0.3) is 0 Å². The Labute approximate surface area is 185 Å². The molecule has 0 heterocycles. The largest absolute Gasteiger partial charge is 0.490 e. The first-order valence-corrected chi connectivity index (χ1v) is 11.2. The van der Waals surface area contributed by atoms with E-state index < -0.39 is 5.97 Å². The summed E-state index contributed by atoms with van der Waals surface area (Å²) in [5, 5.41) is 0. The Morgan fingerprint density at radius 1 is 0.774 bits per heavy atom. The van der Waals surface area contributed by atoms with Crippen LogP contribution in [0, 0.1) is 0 Å². The molecule has 0 aliphatic rings. The van der Waals surface area contributed by atoms with Gasteiger partial charge < -0.3 is 24.7 Å². The molecular formula is C25H35NO5. The Balaban J connectivity index is 2.33. The number of carbonyl (C=O) groups is 1. The van der Waals surface area contributed by atoms with Crippen molar-refractivity contribution in [2.75, 3.05) is 25.6 Å². The predicted molar refractivity (Wildman–Crippen MR) is 123 cm³/mol. The summed E-state index contributed by atoms with van der Waals surface area (Å²) in [6.45, 7) is 7.93. The molecule has 6 heteroatoms. The van der Waals surface area contributed by atoms with Crippen LogP contribution in [0.5, 0.6) is 23.0 Å². The molecule has 0 unspecified atom stereocenters. The smallest absolute Gasteiger partial charge is 0.343 e. The van der Waals surface area contributed by atoms with Crippen LogP contribution in [0.3, 0.4) is 0 Å². The van der Waals surface area contributed by atoms with Gasteiger partial charge in [0.1, 0.15) is 5.75 Å². The quantitative estimate of drug-likeness (QED) is 0.171. The van der Waals surface area contributed by atoms with E-state index in [1.165, 1.54) is 0 Å². The number of ether oxygens (including phenoxy) is 4. The van der Waals surface area contributed by atoms with Gasteiger partial charge in [-0.25, -0.2) is 4.79 Å². The minimum absolute atomic E-state index is 0.345. The maximum atomic E-state index is 12.8. The predicted octanol–water partition coefficient (Wildman–Crippen LogP) is 6.02. The monoisotopic (exact) mass is 429 g/mol. The SMILES string of the molecule is CCCCOc1cc(C(=O)Oc2ccc(N)cc2)cc(OCCCC)c1OCCCC. The van der Waals surface area contributed by atoms with Crippen LogP contribution in [0.2, 0.25) is 0 Å². The van der Waals surface area contributed by atoms with Crippen molar-refractivity contribution in [1.82, 2.24) is 0 Å². The number of anilines is 1. The zero-order valence-corrected chi connectivity index (χ0v) is 18.9. The molecule has 170 valence electrons. The lowest BCUT2D eigenvalue weighted by Crippen LogP contribution is -2.12. The molecule has 2 aromatic rings. The Morgan fingerprint density at radius 3 is 1.74 bits per heavy atom. The Bertz CT molecular complexity index is 773. The lowest BCUT2D eigenvalue weighted by molar-refractivity contribution is 0.0733. The molecule has 0 saturated heterocycles. The Hall–Kier alpha value is -2.89. The highest BCUT2D eigenvalue weighted by Crippen LogP contribution is 2.40. The summed E-state index contributed by atoms with van der Waals surface area (Å²) >= 11 is 0. The van der Waals surface area contributed by atoms with Crippen molar-refractivity contribution in [2.24, 2.45) is 0 Å². The molecule has 6 nitrogen and oxygen atoms in total. The van der Waals surface area contributed by atoms with Crippen molar-refractivity contribution in [2.45, 2.75) is 59.3 Å². The van der Waals surface area contributed by atoms with E-state index in [1.807, 2.05) is 0 Å². The number of nitrogens with two attached hydrogens (primary N) is 1. The molecular weight excluding hydrogens is 394 g/mol. The zero-order valence-electron chi connectivity index (χ0n) is 18.9. The van der Waals surface area contributed by atoms with Crippen LogP contribution in [-0.4, -0.2) is 25.8 Å². The van der Waals surface area contributed by atoms with Crippen LogP contribution in [0.15, 0.2) is 36.4 Å². The van der Waals surface area contributed by atoms with E-state index >= 15 is 0 Å². The standard InChI is InChI=1S/C25H35NO5/c1-4-7-14-28-22-17-19(25(27)31-21-12-10-20(26)11-13-21)18-23(29-15-8-5-2)24(22)30-16-9-6-3/h10-13,17-18H,4-9,14-16,26H2,1-3H3. The number of nitrogen functional groups attached to an aromatic ring is 1. The van der Waals surface area contributed by atoms with E-state index in [1.54, 1.807) is 36.4 Å². The molecule has 0 aliphatic carbocycles. The number of carbonyl (C=O) groups excluding carboxylic acids is 1. The fourth-order valence-electron chi connectivity index (χ4n) is 2.72. The number of rotatable bonds is 14. The first-order chi connectivity index (χ1) is 15.1. The highest BCUT2D eigenvalue weighted by molar-refractivity contribution is 5.92. The summed E-state index contributed by atoms with van der Waals surface area (Å²) in [6.07, 6.45) is 5.75. The fourth-order valence-corrected chi connectivity index (χ4v) is 2.72. The minimum Gasteiger partial charge on any atom is -0.490 e. The summed E-state index contributed by atoms with van der Waals surface area (Å²) in [5.74, 6) is 1.48. The van der Waals surface area contributed by atoms with E-state index in [-0.39, 0.29) is 0 Å². The molecule has 2 rings (SSSR count). The second kappa shape index (κ2) is 13.4. The van der Waals surface area contributed by atoms with Crippen LogP contribution in [0.25, 0.3) is 0 Å². The molecule has 0 amide bonds. The molecule has 0 saturated carbocycles. The van der Waals surface area contributed by atoms with Gasteiger partial charge in [-0.05, 0) is 55.7 Å². The molecule has 2 aromatic carbocycles. The van der Waals surface area contributed by atoms with Crippen molar-refractivity contribution in [3.8, 4) is 23.0 Å². The molecule has 0 bridgehead atoms. The van der Waals surface area contributed by atoms with Gasteiger partial charge in [0.15, 0.2) is 11.5 Å². The number of hydrogen-bond acceptors (Lipinski definition) is 6. The molecule has 31 heavy (non-hydrogen) atoms. The van der Waals surface area contributed by atoms with Gasteiger partial charge in [-0.3, -0.25) is 0 Å².